The van der Waals surface area contributed by atoms with Crippen molar-refractivity contribution in [3.8, 4) is 11.5 Å². The number of carbonyl (C=O) groups is 1. The molecular weight excluding hydrogens is 386 g/mol. The Bertz CT molecular complexity index is 719. The molecule has 8 heteroatoms. The van der Waals surface area contributed by atoms with Crippen molar-refractivity contribution in [2.75, 3.05) is 25.2 Å². The standard InChI is InChI=1S/C15H20BrNO5S/c1-4-22-13-11(16)7-10(8-12(13)21-3)14(18)17-15(2)5-6-23(19,20)9-15/h7-8H,4-6,9H2,1-3H3,(H,17,18). The van der Waals surface area contributed by atoms with Crippen LogP contribution in [-0.4, -0.2) is 45.1 Å². The van der Waals surface area contributed by atoms with Crippen LogP contribution in [0.5, 0.6) is 11.5 Å². The molecule has 0 spiro atoms. The Morgan fingerprint density at radius 2 is 2.13 bits per heavy atom. The largest absolute Gasteiger partial charge is 0.493 e. The molecular formula is C15H20BrNO5S. The second-order valence-electron chi connectivity index (χ2n) is 5.78. The summed E-state index contributed by atoms with van der Waals surface area (Å²) in [6, 6.07) is 3.22. The fourth-order valence-electron chi connectivity index (χ4n) is 2.59. The van der Waals surface area contributed by atoms with Gasteiger partial charge in [0.25, 0.3) is 5.91 Å². The van der Waals surface area contributed by atoms with Crippen molar-refractivity contribution in [2.45, 2.75) is 25.8 Å². The van der Waals surface area contributed by atoms with Crippen LogP contribution in [0.3, 0.4) is 0 Å². The highest BCUT2D eigenvalue weighted by molar-refractivity contribution is 9.10. The molecule has 1 aromatic rings. The maximum absolute atomic E-state index is 12.5. The van der Waals surface area contributed by atoms with Gasteiger partial charge in [-0.15, -0.1) is 0 Å². The van der Waals surface area contributed by atoms with Crippen molar-refractivity contribution in [1.82, 2.24) is 5.32 Å². The van der Waals surface area contributed by atoms with E-state index in [0.29, 0.717) is 34.6 Å². The Morgan fingerprint density at radius 1 is 1.43 bits per heavy atom. The van der Waals surface area contributed by atoms with Crippen LogP contribution in [0.4, 0.5) is 0 Å². The lowest BCUT2D eigenvalue weighted by molar-refractivity contribution is 0.0915. The van der Waals surface area contributed by atoms with Gasteiger partial charge < -0.3 is 14.8 Å². The molecule has 0 aliphatic carbocycles. The minimum atomic E-state index is -3.09. The molecule has 1 saturated heterocycles. The lowest BCUT2D eigenvalue weighted by Crippen LogP contribution is -2.46. The molecule has 23 heavy (non-hydrogen) atoms. The highest BCUT2D eigenvalue weighted by Gasteiger charge is 2.39. The number of hydrogen-bond donors (Lipinski definition) is 1. The van der Waals surface area contributed by atoms with E-state index in [4.69, 9.17) is 9.47 Å². The Morgan fingerprint density at radius 3 is 2.65 bits per heavy atom. The molecule has 1 amide bonds. The fraction of sp³-hybridized carbons (Fsp3) is 0.533. The van der Waals surface area contributed by atoms with E-state index in [1.165, 1.54) is 7.11 Å². The first-order chi connectivity index (χ1) is 10.7. The predicted molar refractivity (Wildman–Crippen MR) is 91.0 cm³/mol. The van der Waals surface area contributed by atoms with E-state index in [9.17, 15) is 13.2 Å². The van der Waals surface area contributed by atoms with Crippen molar-refractivity contribution < 1.29 is 22.7 Å². The summed E-state index contributed by atoms with van der Waals surface area (Å²) in [5, 5.41) is 2.82. The zero-order valence-corrected chi connectivity index (χ0v) is 15.7. The maximum atomic E-state index is 12.5. The molecule has 2 rings (SSSR count). The van der Waals surface area contributed by atoms with E-state index >= 15 is 0 Å². The van der Waals surface area contributed by atoms with Gasteiger partial charge in [0.15, 0.2) is 21.3 Å². The Hall–Kier alpha value is -1.28. The number of rotatable bonds is 5. The molecule has 0 aromatic heterocycles. The lowest BCUT2D eigenvalue weighted by Gasteiger charge is -2.24. The van der Waals surface area contributed by atoms with Crippen LogP contribution in [0.1, 0.15) is 30.6 Å². The number of sulfone groups is 1. The van der Waals surface area contributed by atoms with Crippen LogP contribution in [0.2, 0.25) is 0 Å². The van der Waals surface area contributed by atoms with Gasteiger partial charge in [-0.1, -0.05) is 0 Å². The number of hydrogen-bond acceptors (Lipinski definition) is 5. The minimum absolute atomic E-state index is 0.0406. The molecule has 1 heterocycles. The molecule has 0 bridgehead atoms. The predicted octanol–water partition coefficient (Wildman–Crippen LogP) is 2.16. The van der Waals surface area contributed by atoms with Gasteiger partial charge in [-0.2, -0.15) is 0 Å². The number of nitrogens with one attached hydrogen (secondary N) is 1. The zero-order valence-electron chi connectivity index (χ0n) is 13.3. The summed E-state index contributed by atoms with van der Waals surface area (Å²) in [7, 11) is -1.59. The third-order valence-electron chi connectivity index (χ3n) is 3.70. The quantitative estimate of drug-likeness (QED) is 0.811. The van der Waals surface area contributed by atoms with Crippen molar-refractivity contribution in [2.24, 2.45) is 0 Å². The number of benzene rings is 1. The number of carbonyl (C=O) groups excluding carboxylic acids is 1. The van der Waals surface area contributed by atoms with E-state index in [1.807, 2.05) is 6.92 Å². The molecule has 0 saturated carbocycles. The van der Waals surface area contributed by atoms with Gasteiger partial charge in [0, 0.05) is 5.56 Å². The van der Waals surface area contributed by atoms with Crippen LogP contribution >= 0.6 is 15.9 Å². The molecule has 0 radical (unpaired) electrons. The van der Waals surface area contributed by atoms with Gasteiger partial charge in [0.05, 0.1) is 35.2 Å². The Labute approximate surface area is 144 Å². The minimum Gasteiger partial charge on any atom is -0.493 e. The lowest BCUT2D eigenvalue weighted by atomic mass is 10.0. The van der Waals surface area contributed by atoms with E-state index in [1.54, 1.807) is 19.1 Å². The first-order valence-corrected chi connectivity index (χ1v) is 9.84. The number of halogens is 1. The van der Waals surface area contributed by atoms with E-state index in [0.717, 1.165) is 0 Å². The molecule has 128 valence electrons. The topological polar surface area (TPSA) is 81.7 Å². The van der Waals surface area contributed by atoms with Crippen molar-refractivity contribution in [3.63, 3.8) is 0 Å². The van der Waals surface area contributed by atoms with Gasteiger partial charge in [0.1, 0.15) is 0 Å². The Balaban J connectivity index is 2.25. The molecule has 1 aliphatic heterocycles. The summed E-state index contributed by atoms with van der Waals surface area (Å²) in [5.41, 5.74) is -0.364. The maximum Gasteiger partial charge on any atom is 0.251 e. The number of ether oxygens (including phenoxy) is 2. The van der Waals surface area contributed by atoms with Gasteiger partial charge in [-0.3, -0.25) is 4.79 Å². The van der Waals surface area contributed by atoms with Crippen molar-refractivity contribution in [1.29, 1.82) is 0 Å². The van der Waals surface area contributed by atoms with Gasteiger partial charge >= 0.3 is 0 Å². The summed E-state index contributed by atoms with van der Waals surface area (Å²) in [6.07, 6.45) is 0.413. The third-order valence-corrected chi connectivity index (χ3v) is 6.19. The second-order valence-corrected chi connectivity index (χ2v) is 8.82. The first-order valence-electron chi connectivity index (χ1n) is 7.23. The Kier molecular flexibility index (Phi) is 5.25. The molecule has 1 aliphatic rings. The summed E-state index contributed by atoms with van der Waals surface area (Å²) < 4.78 is 34.6. The highest BCUT2D eigenvalue weighted by atomic mass is 79.9. The average molecular weight is 406 g/mol. The molecule has 1 atom stereocenters. The van der Waals surface area contributed by atoms with E-state index in [2.05, 4.69) is 21.2 Å². The summed E-state index contributed by atoms with van der Waals surface area (Å²) >= 11 is 3.37. The zero-order chi connectivity index (χ0) is 17.3. The summed E-state index contributed by atoms with van der Waals surface area (Å²) in [6.45, 7) is 4.07. The second kappa shape index (κ2) is 6.68. The first kappa shape index (κ1) is 18.1. The van der Waals surface area contributed by atoms with Crippen LogP contribution < -0.4 is 14.8 Å². The molecule has 6 nitrogen and oxygen atoms in total. The fourth-order valence-corrected chi connectivity index (χ4v) is 5.24. The van der Waals surface area contributed by atoms with Gasteiger partial charge in [0.2, 0.25) is 0 Å². The van der Waals surface area contributed by atoms with Crippen LogP contribution in [0.15, 0.2) is 16.6 Å². The molecule has 1 unspecified atom stereocenters. The van der Waals surface area contributed by atoms with Crippen LogP contribution in [-0.2, 0) is 9.84 Å². The van der Waals surface area contributed by atoms with Crippen molar-refractivity contribution in [3.05, 3.63) is 22.2 Å². The number of methoxy groups -OCH3 is 1. The highest BCUT2D eigenvalue weighted by Crippen LogP contribution is 2.37. The van der Waals surface area contributed by atoms with Crippen molar-refractivity contribution >= 4 is 31.7 Å². The third kappa shape index (κ3) is 4.17. The van der Waals surface area contributed by atoms with Gasteiger partial charge in [-0.05, 0) is 48.3 Å². The summed E-state index contributed by atoms with van der Waals surface area (Å²) in [5.74, 6) is 0.685. The summed E-state index contributed by atoms with van der Waals surface area (Å²) in [4.78, 5) is 12.5. The number of amides is 1. The van der Waals surface area contributed by atoms with E-state index in [-0.39, 0.29) is 17.4 Å². The average Bonchev–Trinajstić information content (AvgIpc) is 2.74. The monoisotopic (exact) mass is 405 g/mol. The molecule has 1 fully saturated rings. The van der Waals surface area contributed by atoms with Crippen LogP contribution in [0.25, 0.3) is 0 Å². The SMILES string of the molecule is CCOc1c(Br)cc(C(=O)NC2(C)CCS(=O)(=O)C2)cc1OC. The molecule has 1 aromatic carbocycles. The van der Waals surface area contributed by atoms with E-state index < -0.39 is 15.4 Å². The van der Waals surface area contributed by atoms with Gasteiger partial charge in [-0.25, -0.2) is 8.42 Å². The smallest absolute Gasteiger partial charge is 0.251 e. The normalized spacial score (nSPS) is 22.6. The molecule has 1 N–H and O–H groups in total. The van der Waals surface area contributed by atoms with Crippen LogP contribution in [0, 0.1) is 0 Å².